The molecule has 0 bridgehead atoms. The van der Waals surface area contributed by atoms with Crippen molar-refractivity contribution in [1.29, 1.82) is 5.26 Å². The Morgan fingerprint density at radius 3 is 2.19 bits per heavy atom. The lowest BCUT2D eigenvalue weighted by Crippen LogP contribution is -2.37. The van der Waals surface area contributed by atoms with Crippen molar-refractivity contribution in [3.05, 3.63) is 0 Å². The average Bonchev–Trinajstić information content (AvgIpc) is 2.26. The van der Waals surface area contributed by atoms with E-state index in [0.717, 1.165) is 25.7 Å². The van der Waals surface area contributed by atoms with Gasteiger partial charge in [-0.1, -0.05) is 26.7 Å². The van der Waals surface area contributed by atoms with Crippen molar-refractivity contribution in [2.75, 3.05) is 6.54 Å². The lowest BCUT2D eigenvalue weighted by molar-refractivity contribution is -0.125. The topological polar surface area (TPSA) is 52.9 Å². The van der Waals surface area contributed by atoms with Crippen molar-refractivity contribution < 1.29 is 4.79 Å². The van der Waals surface area contributed by atoms with Crippen LogP contribution in [-0.4, -0.2) is 12.5 Å². The molecule has 0 aliphatic carbocycles. The van der Waals surface area contributed by atoms with Gasteiger partial charge in [-0.2, -0.15) is 5.26 Å². The highest BCUT2D eigenvalue weighted by Crippen LogP contribution is 2.15. The Balaban J connectivity index is 4.16. The lowest BCUT2D eigenvalue weighted by Gasteiger charge is -2.19. The predicted octanol–water partition coefficient (Wildman–Crippen LogP) is 2.87. The molecule has 0 unspecified atom stereocenters. The first-order valence-electron chi connectivity index (χ1n) is 6.15. The maximum atomic E-state index is 11.9. The van der Waals surface area contributed by atoms with Crippen molar-refractivity contribution in [3.8, 4) is 6.07 Å². The Hall–Kier alpha value is -1.04. The molecule has 0 fully saturated rings. The van der Waals surface area contributed by atoms with Crippen LogP contribution >= 0.6 is 0 Å². The molecule has 92 valence electrons. The number of carbonyl (C=O) groups is 1. The zero-order chi connectivity index (χ0) is 12.6. The Morgan fingerprint density at radius 1 is 1.31 bits per heavy atom. The molecule has 3 nitrogen and oxygen atoms in total. The average molecular weight is 224 g/mol. The summed E-state index contributed by atoms with van der Waals surface area (Å²) in [6.45, 7) is 8.29. The normalized spacial score (nSPS) is 11.2. The van der Waals surface area contributed by atoms with Gasteiger partial charge in [-0.25, -0.2) is 0 Å². The molecule has 0 atom stereocenters. The van der Waals surface area contributed by atoms with Crippen LogP contribution in [0.15, 0.2) is 0 Å². The zero-order valence-electron chi connectivity index (χ0n) is 11.0. The third-order valence-electron chi connectivity index (χ3n) is 2.65. The molecule has 0 aromatic carbocycles. The first-order chi connectivity index (χ1) is 7.46. The minimum absolute atomic E-state index is 0.104. The van der Waals surface area contributed by atoms with E-state index in [2.05, 4.69) is 25.2 Å². The maximum Gasteiger partial charge on any atom is 0.223 e. The predicted molar refractivity (Wildman–Crippen MR) is 65.7 cm³/mol. The third kappa shape index (κ3) is 5.75. The number of rotatable bonds is 7. The van der Waals surface area contributed by atoms with Crippen molar-refractivity contribution in [1.82, 2.24) is 5.32 Å². The number of nitrogens with zero attached hydrogens (tertiary/aromatic N) is 1. The van der Waals surface area contributed by atoms with Crippen molar-refractivity contribution in [2.45, 2.75) is 53.4 Å². The van der Waals surface area contributed by atoms with Crippen LogP contribution in [0.5, 0.6) is 0 Å². The highest BCUT2D eigenvalue weighted by atomic mass is 16.1. The summed E-state index contributed by atoms with van der Waals surface area (Å²) in [5.41, 5.74) is -0.474. The summed E-state index contributed by atoms with van der Waals surface area (Å²) >= 11 is 0. The summed E-state index contributed by atoms with van der Waals surface area (Å²) in [5.74, 6) is 0.219. The number of amides is 1. The number of carbonyl (C=O) groups excluding carboxylic acids is 1. The smallest absolute Gasteiger partial charge is 0.223 e. The van der Waals surface area contributed by atoms with Gasteiger partial charge < -0.3 is 5.32 Å². The number of nitriles is 1. The molecule has 0 aliphatic rings. The molecule has 0 spiro atoms. The first kappa shape index (κ1) is 15.0. The second-order valence-corrected chi connectivity index (χ2v) is 4.99. The van der Waals surface area contributed by atoms with Crippen molar-refractivity contribution in [2.24, 2.45) is 11.3 Å². The van der Waals surface area contributed by atoms with Crippen molar-refractivity contribution in [3.63, 3.8) is 0 Å². The fourth-order valence-corrected chi connectivity index (χ4v) is 1.60. The van der Waals surface area contributed by atoms with E-state index in [4.69, 9.17) is 5.26 Å². The van der Waals surface area contributed by atoms with Gasteiger partial charge in [0, 0.05) is 12.5 Å². The van der Waals surface area contributed by atoms with E-state index in [1.807, 2.05) is 13.8 Å². The molecule has 0 aliphatic heterocycles. The number of hydrogen-bond donors (Lipinski definition) is 1. The Morgan fingerprint density at radius 2 is 1.81 bits per heavy atom. The Labute approximate surface area is 99.2 Å². The third-order valence-corrected chi connectivity index (χ3v) is 2.65. The molecule has 16 heavy (non-hydrogen) atoms. The summed E-state index contributed by atoms with van der Waals surface area (Å²) in [4.78, 5) is 11.9. The highest BCUT2D eigenvalue weighted by molar-refractivity contribution is 5.78. The zero-order valence-corrected chi connectivity index (χ0v) is 11.0. The minimum Gasteiger partial charge on any atom is -0.354 e. The second kappa shape index (κ2) is 7.27. The monoisotopic (exact) mass is 224 g/mol. The molecular weight excluding hydrogens is 200 g/mol. The summed E-state index contributed by atoms with van der Waals surface area (Å²) < 4.78 is 0. The molecule has 0 aromatic rings. The molecule has 0 saturated heterocycles. The van der Waals surface area contributed by atoms with Gasteiger partial charge in [0.15, 0.2) is 0 Å². The van der Waals surface area contributed by atoms with Crippen molar-refractivity contribution >= 4 is 5.91 Å². The summed E-state index contributed by atoms with van der Waals surface area (Å²) in [6.07, 6.45) is 3.93. The lowest BCUT2D eigenvalue weighted by atomic mass is 9.94. The van der Waals surface area contributed by atoms with E-state index in [-0.39, 0.29) is 11.8 Å². The van der Waals surface area contributed by atoms with Gasteiger partial charge in [0.2, 0.25) is 5.91 Å². The van der Waals surface area contributed by atoms with Crippen LogP contribution in [0.3, 0.4) is 0 Å². The quantitative estimate of drug-likeness (QED) is 0.723. The van der Waals surface area contributed by atoms with Gasteiger partial charge >= 0.3 is 0 Å². The van der Waals surface area contributed by atoms with E-state index in [1.54, 1.807) is 0 Å². The van der Waals surface area contributed by atoms with Crippen LogP contribution in [0.25, 0.3) is 0 Å². The van der Waals surface area contributed by atoms with Gasteiger partial charge in [0.25, 0.3) is 0 Å². The van der Waals surface area contributed by atoms with E-state index in [0.29, 0.717) is 6.54 Å². The van der Waals surface area contributed by atoms with E-state index in [9.17, 15) is 4.79 Å². The maximum absolute atomic E-state index is 11.9. The van der Waals surface area contributed by atoms with Gasteiger partial charge in [0.1, 0.15) is 0 Å². The standard InChI is InChI=1S/C13H24N2O/c1-5-7-11(8-6-2)12(16)15-10-13(3,4)9-14/h11H,5-8,10H2,1-4H3,(H,15,16). The number of hydrogen-bond acceptors (Lipinski definition) is 2. The Kier molecular flexibility index (Phi) is 6.80. The summed E-state index contributed by atoms with van der Waals surface area (Å²) in [5, 5.41) is 11.7. The van der Waals surface area contributed by atoms with Gasteiger partial charge in [-0.15, -0.1) is 0 Å². The molecule has 3 heteroatoms. The molecule has 0 heterocycles. The molecule has 1 amide bonds. The van der Waals surface area contributed by atoms with Crippen LogP contribution < -0.4 is 5.32 Å². The van der Waals surface area contributed by atoms with E-state index >= 15 is 0 Å². The molecule has 0 aromatic heterocycles. The molecule has 0 saturated carbocycles. The molecule has 0 rings (SSSR count). The fourth-order valence-electron chi connectivity index (χ4n) is 1.60. The SMILES string of the molecule is CCCC(CCC)C(=O)NCC(C)(C)C#N. The van der Waals surface area contributed by atoms with Crippen LogP contribution in [0.1, 0.15) is 53.4 Å². The fraction of sp³-hybridized carbons (Fsp3) is 0.846. The van der Waals surface area contributed by atoms with E-state index < -0.39 is 5.41 Å². The van der Waals surface area contributed by atoms with Crippen LogP contribution in [0.4, 0.5) is 0 Å². The van der Waals surface area contributed by atoms with Gasteiger partial charge in [-0.05, 0) is 26.7 Å². The van der Waals surface area contributed by atoms with Crippen LogP contribution in [0.2, 0.25) is 0 Å². The minimum atomic E-state index is -0.474. The van der Waals surface area contributed by atoms with E-state index in [1.165, 1.54) is 0 Å². The van der Waals surface area contributed by atoms with Gasteiger partial charge in [-0.3, -0.25) is 4.79 Å². The van der Waals surface area contributed by atoms with Crippen LogP contribution in [-0.2, 0) is 4.79 Å². The Bertz CT molecular complexity index is 247. The molecular formula is C13H24N2O. The first-order valence-corrected chi connectivity index (χ1v) is 6.15. The highest BCUT2D eigenvalue weighted by Gasteiger charge is 2.21. The van der Waals surface area contributed by atoms with Gasteiger partial charge in [0.05, 0.1) is 11.5 Å². The largest absolute Gasteiger partial charge is 0.354 e. The number of nitrogens with one attached hydrogen (secondary N) is 1. The summed E-state index contributed by atoms with van der Waals surface area (Å²) in [6, 6.07) is 2.18. The molecule has 1 N–H and O–H groups in total. The molecule has 0 radical (unpaired) electrons. The van der Waals surface area contributed by atoms with Crippen LogP contribution in [0, 0.1) is 22.7 Å². The second-order valence-electron chi connectivity index (χ2n) is 4.99. The summed E-state index contributed by atoms with van der Waals surface area (Å²) in [7, 11) is 0.